The Morgan fingerprint density at radius 3 is 2.63 bits per heavy atom. The lowest BCUT2D eigenvalue weighted by Crippen LogP contribution is -2.17. The van der Waals surface area contributed by atoms with Crippen molar-refractivity contribution >= 4 is 23.7 Å². The summed E-state index contributed by atoms with van der Waals surface area (Å²) in [5.74, 6) is 2.40. The fourth-order valence-electron chi connectivity index (χ4n) is 1.88. The number of nitrogens with one attached hydrogen (secondary N) is 2. The van der Waals surface area contributed by atoms with Crippen molar-refractivity contribution in [2.24, 2.45) is 0 Å². The lowest BCUT2D eigenvalue weighted by molar-refractivity contribution is 0.312. The van der Waals surface area contributed by atoms with Crippen molar-refractivity contribution < 1.29 is 4.74 Å². The molecule has 0 aliphatic carbocycles. The highest BCUT2D eigenvalue weighted by atomic mass is 32.2. The van der Waals surface area contributed by atoms with E-state index in [1.54, 1.807) is 0 Å². The fraction of sp³-hybridized carbons (Fsp3) is 0.750. The smallest absolute Gasteiger partial charge is 0.323 e. The SMILES string of the molecule is CCNc1nc(NCC2CCCS2)nc(OCC)n1. The van der Waals surface area contributed by atoms with Gasteiger partial charge in [0.1, 0.15) is 0 Å². The zero-order chi connectivity index (χ0) is 13.5. The van der Waals surface area contributed by atoms with Crippen LogP contribution in [0.4, 0.5) is 11.9 Å². The van der Waals surface area contributed by atoms with E-state index in [0.29, 0.717) is 29.8 Å². The summed E-state index contributed by atoms with van der Waals surface area (Å²) in [6.07, 6.45) is 2.57. The molecular weight excluding hydrogens is 262 g/mol. The first-order chi connectivity index (χ1) is 9.31. The van der Waals surface area contributed by atoms with Gasteiger partial charge in [0.2, 0.25) is 11.9 Å². The molecule has 0 bridgehead atoms. The molecule has 1 aromatic rings. The zero-order valence-corrected chi connectivity index (χ0v) is 12.3. The second-order valence-corrected chi connectivity index (χ2v) is 5.65. The molecule has 106 valence electrons. The Morgan fingerprint density at radius 2 is 2.00 bits per heavy atom. The van der Waals surface area contributed by atoms with Gasteiger partial charge in [-0.1, -0.05) is 0 Å². The van der Waals surface area contributed by atoms with E-state index in [0.717, 1.165) is 13.1 Å². The maximum absolute atomic E-state index is 5.36. The second-order valence-electron chi connectivity index (χ2n) is 4.24. The monoisotopic (exact) mass is 283 g/mol. The first-order valence-electron chi connectivity index (χ1n) is 6.80. The Balaban J connectivity index is 1.99. The van der Waals surface area contributed by atoms with Crippen molar-refractivity contribution in [1.82, 2.24) is 15.0 Å². The van der Waals surface area contributed by atoms with Crippen LogP contribution in [0.5, 0.6) is 6.01 Å². The minimum absolute atomic E-state index is 0.370. The van der Waals surface area contributed by atoms with Gasteiger partial charge in [-0.15, -0.1) is 0 Å². The number of anilines is 2. The van der Waals surface area contributed by atoms with E-state index in [1.165, 1.54) is 18.6 Å². The van der Waals surface area contributed by atoms with Gasteiger partial charge in [-0.25, -0.2) is 0 Å². The van der Waals surface area contributed by atoms with Crippen molar-refractivity contribution in [2.45, 2.75) is 31.9 Å². The Labute approximate surface area is 118 Å². The van der Waals surface area contributed by atoms with Gasteiger partial charge in [-0.3, -0.25) is 0 Å². The van der Waals surface area contributed by atoms with Gasteiger partial charge < -0.3 is 15.4 Å². The number of ether oxygens (including phenoxy) is 1. The van der Waals surface area contributed by atoms with Crippen LogP contribution in [-0.2, 0) is 0 Å². The minimum atomic E-state index is 0.370. The number of hydrogen-bond acceptors (Lipinski definition) is 7. The predicted molar refractivity (Wildman–Crippen MR) is 79.1 cm³/mol. The van der Waals surface area contributed by atoms with Gasteiger partial charge in [0.05, 0.1) is 6.61 Å². The molecule has 2 heterocycles. The molecular formula is C12H21N5OS. The van der Waals surface area contributed by atoms with E-state index in [1.807, 2.05) is 25.6 Å². The molecule has 0 amide bonds. The fourth-order valence-corrected chi connectivity index (χ4v) is 3.08. The van der Waals surface area contributed by atoms with E-state index in [9.17, 15) is 0 Å². The van der Waals surface area contributed by atoms with E-state index in [-0.39, 0.29) is 0 Å². The molecule has 1 atom stereocenters. The zero-order valence-electron chi connectivity index (χ0n) is 11.5. The molecule has 1 fully saturated rings. The predicted octanol–water partition coefficient (Wildman–Crippen LogP) is 2.01. The molecule has 7 heteroatoms. The highest BCUT2D eigenvalue weighted by Gasteiger charge is 2.16. The lowest BCUT2D eigenvalue weighted by atomic mass is 10.2. The number of nitrogens with zero attached hydrogens (tertiary/aromatic N) is 3. The largest absolute Gasteiger partial charge is 0.464 e. The first kappa shape index (κ1) is 14.2. The van der Waals surface area contributed by atoms with Gasteiger partial charge in [-0.2, -0.15) is 26.7 Å². The molecule has 2 rings (SSSR count). The summed E-state index contributed by atoms with van der Waals surface area (Å²) in [4.78, 5) is 12.8. The van der Waals surface area contributed by atoms with Crippen LogP contribution in [0.1, 0.15) is 26.7 Å². The molecule has 0 aromatic carbocycles. The third-order valence-corrected chi connectivity index (χ3v) is 4.13. The van der Waals surface area contributed by atoms with Crippen LogP contribution in [-0.4, -0.2) is 45.7 Å². The molecule has 1 aliphatic rings. The van der Waals surface area contributed by atoms with E-state index < -0.39 is 0 Å². The Kier molecular flexibility index (Phi) is 5.50. The summed E-state index contributed by atoms with van der Waals surface area (Å²) >= 11 is 2.01. The minimum Gasteiger partial charge on any atom is -0.464 e. The molecule has 1 saturated heterocycles. The molecule has 0 saturated carbocycles. The van der Waals surface area contributed by atoms with Gasteiger partial charge in [0.15, 0.2) is 0 Å². The van der Waals surface area contributed by atoms with E-state index >= 15 is 0 Å². The maximum atomic E-state index is 5.36. The number of rotatable bonds is 7. The highest BCUT2D eigenvalue weighted by Crippen LogP contribution is 2.26. The third-order valence-electron chi connectivity index (χ3n) is 2.74. The van der Waals surface area contributed by atoms with E-state index in [2.05, 4.69) is 25.6 Å². The summed E-state index contributed by atoms with van der Waals surface area (Å²) in [5, 5.41) is 7.03. The van der Waals surface area contributed by atoms with Crippen molar-refractivity contribution in [3.05, 3.63) is 0 Å². The lowest BCUT2D eigenvalue weighted by Gasteiger charge is -2.12. The summed E-state index contributed by atoms with van der Waals surface area (Å²) in [6.45, 7) is 6.14. The number of aromatic nitrogens is 3. The first-order valence-corrected chi connectivity index (χ1v) is 7.85. The Bertz CT molecular complexity index is 373. The number of hydrogen-bond donors (Lipinski definition) is 2. The Morgan fingerprint density at radius 1 is 1.21 bits per heavy atom. The summed E-state index contributed by atoms with van der Waals surface area (Å²) in [6, 6.07) is 0.370. The second kappa shape index (κ2) is 7.37. The quantitative estimate of drug-likeness (QED) is 0.793. The topological polar surface area (TPSA) is 72.0 Å². The molecule has 1 aliphatic heterocycles. The van der Waals surface area contributed by atoms with Crippen LogP contribution in [0.2, 0.25) is 0 Å². The molecule has 0 radical (unpaired) electrons. The van der Waals surface area contributed by atoms with Crippen molar-refractivity contribution in [2.75, 3.05) is 36.1 Å². The molecule has 1 aromatic heterocycles. The van der Waals surface area contributed by atoms with Gasteiger partial charge in [0, 0.05) is 18.3 Å². The molecule has 2 N–H and O–H groups in total. The molecule has 1 unspecified atom stereocenters. The summed E-state index contributed by atoms with van der Waals surface area (Å²) < 4.78 is 5.36. The van der Waals surface area contributed by atoms with Crippen LogP contribution in [0, 0.1) is 0 Å². The van der Waals surface area contributed by atoms with Crippen LogP contribution in [0.15, 0.2) is 0 Å². The third kappa shape index (κ3) is 4.41. The standard InChI is InChI=1S/C12H21N5OS/c1-3-13-10-15-11(17-12(16-10)18-4-2)14-8-9-6-5-7-19-9/h9H,3-8H2,1-2H3,(H2,13,14,15,16,17). The van der Waals surface area contributed by atoms with Crippen LogP contribution >= 0.6 is 11.8 Å². The normalized spacial score (nSPS) is 18.3. The molecule has 6 nitrogen and oxygen atoms in total. The van der Waals surface area contributed by atoms with Gasteiger partial charge >= 0.3 is 6.01 Å². The molecule has 19 heavy (non-hydrogen) atoms. The maximum Gasteiger partial charge on any atom is 0.323 e. The average Bonchev–Trinajstić information content (AvgIpc) is 2.90. The van der Waals surface area contributed by atoms with Gasteiger partial charge in [-0.05, 0) is 32.4 Å². The highest BCUT2D eigenvalue weighted by molar-refractivity contribution is 8.00. The van der Waals surface area contributed by atoms with Crippen LogP contribution in [0.3, 0.4) is 0 Å². The van der Waals surface area contributed by atoms with Crippen LogP contribution < -0.4 is 15.4 Å². The summed E-state index contributed by atoms with van der Waals surface area (Å²) in [5.41, 5.74) is 0. The average molecular weight is 283 g/mol. The van der Waals surface area contributed by atoms with Crippen molar-refractivity contribution in [3.63, 3.8) is 0 Å². The van der Waals surface area contributed by atoms with E-state index in [4.69, 9.17) is 4.74 Å². The number of thioether (sulfide) groups is 1. The van der Waals surface area contributed by atoms with Crippen molar-refractivity contribution in [1.29, 1.82) is 0 Å². The Hall–Kier alpha value is -1.24. The summed E-state index contributed by atoms with van der Waals surface area (Å²) in [7, 11) is 0. The van der Waals surface area contributed by atoms with Crippen LogP contribution in [0.25, 0.3) is 0 Å². The molecule has 0 spiro atoms. The van der Waals surface area contributed by atoms with Crippen molar-refractivity contribution in [3.8, 4) is 6.01 Å². The van der Waals surface area contributed by atoms with Gasteiger partial charge in [0.25, 0.3) is 0 Å².